The van der Waals surface area contributed by atoms with Gasteiger partial charge in [0.1, 0.15) is 0 Å². The van der Waals surface area contributed by atoms with Gasteiger partial charge in [-0.25, -0.2) is 0 Å². The Morgan fingerprint density at radius 1 is 1.19 bits per heavy atom. The van der Waals surface area contributed by atoms with Crippen LogP contribution in [0.15, 0.2) is 24.3 Å². The number of aromatic amines is 1. The van der Waals surface area contributed by atoms with Gasteiger partial charge in [-0.3, -0.25) is 5.10 Å². The average molecular weight is 237 g/mol. The Kier molecular flexibility index (Phi) is 3.24. The summed E-state index contributed by atoms with van der Waals surface area (Å²) in [6.07, 6.45) is 0. The van der Waals surface area contributed by atoms with Crippen LogP contribution in [0, 0.1) is 0 Å². The Labute approximate surface area is 98.6 Å². The molecular formula is C11H13ClN4. The maximum absolute atomic E-state index is 6.11. The molecule has 0 aliphatic heterocycles. The van der Waals surface area contributed by atoms with E-state index in [9.17, 15) is 0 Å². The molecule has 84 valence electrons. The van der Waals surface area contributed by atoms with Crippen LogP contribution in [0.1, 0.15) is 11.3 Å². The second-order valence-corrected chi connectivity index (χ2v) is 3.82. The average Bonchev–Trinajstić information content (AvgIpc) is 2.72. The zero-order valence-corrected chi connectivity index (χ0v) is 9.46. The van der Waals surface area contributed by atoms with Crippen molar-refractivity contribution in [2.75, 3.05) is 0 Å². The molecule has 0 atom stereocenters. The molecule has 5 heteroatoms. The van der Waals surface area contributed by atoms with Gasteiger partial charge in [-0.15, -0.1) is 0 Å². The first kappa shape index (κ1) is 11.1. The van der Waals surface area contributed by atoms with Crippen molar-refractivity contribution in [3.8, 4) is 11.3 Å². The lowest BCUT2D eigenvalue weighted by Crippen LogP contribution is -2.05. The van der Waals surface area contributed by atoms with Crippen LogP contribution in [0.4, 0.5) is 0 Å². The number of nitrogens with one attached hydrogen (secondary N) is 1. The van der Waals surface area contributed by atoms with Gasteiger partial charge in [0, 0.05) is 24.2 Å². The fourth-order valence-electron chi connectivity index (χ4n) is 1.67. The van der Waals surface area contributed by atoms with Crippen LogP contribution in [0.3, 0.4) is 0 Å². The molecule has 0 radical (unpaired) electrons. The summed E-state index contributed by atoms with van der Waals surface area (Å²) < 4.78 is 0. The first-order chi connectivity index (χ1) is 7.77. The first-order valence-electron chi connectivity index (χ1n) is 4.99. The molecule has 16 heavy (non-hydrogen) atoms. The number of hydrogen-bond acceptors (Lipinski definition) is 3. The lowest BCUT2D eigenvalue weighted by molar-refractivity contribution is 0.922. The fourth-order valence-corrected chi connectivity index (χ4v) is 1.89. The van der Waals surface area contributed by atoms with Gasteiger partial charge in [0.2, 0.25) is 0 Å². The number of rotatable bonds is 3. The van der Waals surface area contributed by atoms with Crippen LogP contribution in [0.2, 0.25) is 5.02 Å². The molecule has 5 N–H and O–H groups in total. The monoisotopic (exact) mass is 236 g/mol. The van der Waals surface area contributed by atoms with Crippen molar-refractivity contribution in [2.24, 2.45) is 11.5 Å². The molecule has 0 unspecified atom stereocenters. The van der Waals surface area contributed by atoms with Gasteiger partial charge in [-0.05, 0) is 6.07 Å². The Hall–Kier alpha value is -1.36. The number of nitrogens with two attached hydrogens (primary N) is 2. The van der Waals surface area contributed by atoms with E-state index in [-0.39, 0.29) is 0 Å². The topological polar surface area (TPSA) is 80.7 Å². The van der Waals surface area contributed by atoms with Crippen LogP contribution >= 0.6 is 11.6 Å². The molecule has 0 bridgehead atoms. The molecule has 1 heterocycles. The van der Waals surface area contributed by atoms with Gasteiger partial charge in [0.25, 0.3) is 0 Å². The summed E-state index contributed by atoms with van der Waals surface area (Å²) in [6, 6.07) is 7.54. The van der Waals surface area contributed by atoms with Gasteiger partial charge < -0.3 is 11.5 Å². The second kappa shape index (κ2) is 4.65. The van der Waals surface area contributed by atoms with E-state index < -0.39 is 0 Å². The van der Waals surface area contributed by atoms with Gasteiger partial charge in [0.15, 0.2) is 0 Å². The molecule has 0 saturated heterocycles. The Bertz CT molecular complexity index is 492. The number of halogens is 1. The molecule has 1 aromatic heterocycles. The fraction of sp³-hybridized carbons (Fsp3) is 0.182. The van der Waals surface area contributed by atoms with E-state index in [1.54, 1.807) is 0 Å². The minimum absolute atomic E-state index is 0.392. The predicted octanol–water partition coefficient (Wildman–Crippen LogP) is 1.65. The summed E-state index contributed by atoms with van der Waals surface area (Å²) in [4.78, 5) is 0. The van der Waals surface area contributed by atoms with E-state index >= 15 is 0 Å². The van der Waals surface area contributed by atoms with Crippen molar-refractivity contribution in [3.05, 3.63) is 40.5 Å². The van der Waals surface area contributed by atoms with Crippen LogP contribution < -0.4 is 11.5 Å². The van der Waals surface area contributed by atoms with Crippen LogP contribution in [0.25, 0.3) is 11.3 Å². The molecule has 0 spiro atoms. The lowest BCUT2D eigenvalue weighted by atomic mass is 10.1. The number of benzene rings is 1. The molecule has 2 rings (SSSR count). The van der Waals surface area contributed by atoms with Crippen molar-refractivity contribution in [3.63, 3.8) is 0 Å². The smallest absolute Gasteiger partial charge is 0.0983 e. The summed E-state index contributed by atoms with van der Waals surface area (Å²) >= 11 is 6.11. The molecule has 0 fully saturated rings. The quantitative estimate of drug-likeness (QED) is 0.758. The third kappa shape index (κ3) is 1.82. The maximum Gasteiger partial charge on any atom is 0.0983 e. The van der Waals surface area contributed by atoms with Crippen LogP contribution in [-0.4, -0.2) is 10.2 Å². The van der Waals surface area contributed by atoms with Crippen LogP contribution in [0.5, 0.6) is 0 Å². The van der Waals surface area contributed by atoms with Gasteiger partial charge in [0.05, 0.1) is 16.4 Å². The molecule has 2 aromatic rings. The highest BCUT2D eigenvalue weighted by molar-refractivity contribution is 6.33. The van der Waals surface area contributed by atoms with Crippen molar-refractivity contribution < 1.29 is 0 Å². The minimum Gasteiger partial charge on any atom is -0.326 e. The summed E-state index contributed by atoms with van der Waals surface area (Å²) in [6.45, 7) is 0.785. The van der Waals surface area contributed by atoms with Gasteiger partial charge in [-0.1, -0.05) is 29.8 Å². The van der Waals surface area contributed by atoms with Gasteiger partial charge in [-0.2, -0.15) is 5.10 Å². The standard InChI is InChI=1S/C11H13ClN4/c12-9-4-2-1-3-7(9)11-8(5-13)10(6-14)15-16-11/h1-4H,5-6,13-14H2,(H,15,16). The zero-order chi connectivity index (χ0) is 11.5. The molecule has 0 aliphatic rings. The maximum atomic E-state index is 6.11. The Morgan fingerprint density at radius 3 is 2.56 bits per heavy atom. The number of H-pyrrole nitrogens is 1. The third-order valence-corrected chi connectivity index (χ3v) is 2.82. The molecular weight excluding hydrogens is 224 g/mol. The molecule has 0 amide bonds. The Balaban J connectivity index is 2.56. The highest BCUT2D eigenvalue weighted by Gasteiger charge is 2.14. The summed E-state index contributed by atoms with van der Waals surface area (Å²) in [5.74, 6) is 0. The van der Waals surface area contributed by atoms with E-state index in [0.717, 1.165) is 22.5 Å². The minimum atomic E-state index is 0.392. The Morgan fingerprint density at radius 2 is 1.94 bits per heavy atom. The molecule has 1 aromatic carbocycles. The largest absolute Gasteiger partial charge is 0.326 e. The van der Waals surface area contributed by atoms with Gasteiger partial charge >= 0.3 is 0 Å². The van der Waals surface area contributed by atoms with E-state index in [4.69, 9.17) is 23.1 Å². The second-order valence-electron chi connectivity index (χ2n) is 3.42. The highest BCUT2D eigenvalue weighted by atomic mass is 35.5. The molecule has 0 saturated carbocycles. The first-order valence-corrected chi connectivity index (χ1v) is 5.37. The summed E-state index contributed by atoms with van der Waals surface area (Å²) in [5, 5.41) is 7.77. The van der Waals surface area contributed by atoms with E-state index in [0.29, 0.717) is 18.1 Å². The van der Waals surface area contributed by atoms with Crippen LogP contribution in [-0.2, 0) is 13.1 Å². The SMILES string of the molecule is NCc1[nH]nc(-c2ccccc2Cl)c1CN. The molecule has 0 aliphatic carbocycles. The van der Waals surface area contributed by atoms with Crippen molar-refractivity contribution in [1.29, 1.82) is 0 Å². The van der Waals surface area contributed by atoms with Crippen molar-refractivity contribution >= 4 is 11.6 Å². The number of hydrogen-bond donors (Lipinski definition) is 3. The zero-order valence-electron chi connectivity index (χ0n) is 8.70. The molecule has 4 nitrogen and oxygen atoms in total. The van der Waals surface area contributed by atoms with Crippen molar-refractivity contribution in [2.45, 2.75) is 13.1 Å². The number of nitrogens with zero attached hydrogens (tertiary/aromatic N) is 1. The highest BCUT2D eigenvalue weighted by Crippen LogP contribution is 2.29. The van der Waals surface area contributed by atoms with E-state index in [1.807, 2.05) is 24.3 Å². The summed E-state index contributed by atoms with van der Waals surface area (Å²) in [5.41, 5.74) is 14.7. The van der Waals surface area contributed by atoms with Crippen molar-refractivity contribution in [1.82, 2.24) is 10.2 Å². The normalized spacial score (nSPS) is 10.7. The predicted molar refractivity (Wildman–Crippen MR) is 64.8 cm³/mol. The van der Waals surface area contributed by atoms with E-state index in [2.05, 4.69) is 10.2 Å². The summed E-state index contributed by atoms with van der Waals surface area (Å²) in [7, 11) is 0. The lowest BCUT2D eigenvalue weighted by Gasteiger charge is -2.03. The number of aromatic nitrogens is 2. The third-order valence-electron chi connectivity index (χ3n) is 2.49. The van der Waals surface area contributed by atoms with E-state index in [1.165, 1.54) is 0 Å².